The molecule has 1 aliphatic heterocycles. The van der Waals surface area contributed by atoms with Crippen LogP contribution in [0.1, 0.15) is 6.92 Å². The van der Waals surface area contributed by atoms with Crippen molar-refractivity contribution in [3.8, 4) is 0 Å². The van der Waals surface area contributed by atoms with Crippen molar-refractivity contribution in [3.63, 3.8) is 0 Å². The quantitative estimate of drug-likeness (QED) is 0.623. The Hall–Kier alpha value is -1.88. The van der Waals surface area contributed by atoms with Gasteiger partial charge < -0.3 is 15.4 Å². The van der Waals surface area contributed by atoms with Crippen LogP contribution >= 0.6 is 0 Å². The molecule has 0 spiro atoms. The number of urea groups is 1. The number of nitrogens with zero attached hydrogens (tertiary/aromatic N) is 1. The maximum atomic E-state index is 12.0. The minimum atomic E-state index is -4.56. The summed E-state index contributed by atoms with van der Waals surface area (Å²) in [5.41, 5.74) is 0. The van der Waals surface area contributed by atoms with Crippen molar-refractivity contribution in [1.82, 2.24) is 20.9 Å². The SMILES string of the molecule is CNC(=O)[C@@H]1CN([C@H](C)C(=O)NC(=O)NCC(F)(F)F)CCO1. The molecule has 0 bridgehead atoms. The molecule has 0 aromatic rings. The van der Waals surface area contributed by atoms with Crippen molar-refractivity contribution >= 4 is 17.8 Å². The first-order chi connectivity index (χ1) is 10.6. The van der Waals surface area contributed by atoms with Crippen molar-refractivity contribution in [2.75, 3.05) is 33.3 Å². The Kier molecular flexibility index (Phi) is 6.76. The van der Waals surface area contributed by atoms with Crippen molar-refractivity contribution in [2.24, 2.45) is 0 Å². The first-order valence-corrected chi connectivity index (χ1v) is 6.86. The summed E-state index contributed by atoms with van der Waals surface area (Å²) < 4.78 is 41.2. The van der Waals surface area contributed by atoms with Gasteiger partial charge in [0.15, 0.2) is 0 Å². The molecule has 0 aromatic carbocycles. The normalized spacial score (nSPS) is 20.5. The second-order valence-corrected chi connectivity index (χ2v) is 4.93. The monoisotopic (exact) mass is 340 g/mol. The van der Waals surface area contributed by atoms with Gasteiger partial charge >= 0.3 is 12.2 Å². The van der Waals surface area contributed by atoms with Gasteiger partial charge in [0.05, 0.1) is 12.6 Å². The molecule has 1 aliphatic rings. The number of likely N-dealkylation sites (N-methyl/N-ethyl adjacent to an activating group) is 1. The molecule has 11 heteroatoms. The van der Waals surface area contributed by atoms with Crippen LogP contribution in [0.25, 0.3) is 0 Å². The van der Waals surface area contributed by atoms with E-state index in [4.69, 9.17) is 4.74 Å². The molecule has 0 unspecified atom stereocenters. The second kappa shape index (κ2) is 8.11. The van der Waals surface area contributed by atoms with Gasteiger partial charge in [0.2, 0.25) is 11.8 Å². The number of rotatable bonds is 4. The summed E-state index contributed by atoms with van der Waals surface area (Å²) in [6.45, 7) is 0.663. The van der Waals surface area contributed by atoms with E-state index in [2.05, 4.69) is 5.32 Å². The van der Waals surface area contributed by atoms with Gasteiger partial charge in [0.1, 0.15) is 12.6 Å². The Bertz CT molecular complexity index is 458. The summed E-state index contributed by atoms with van der Waals surface area (Å²) in [6.07, 6.45) is -5.31. The molecule has 2 atom stereocenters. The van der Waals surface area contributed by atoms with Crippen LogP contribution in [0.15, 0.2) is 0 Å². The Labute approximate surface area is 130 Å². The molecule has 8 nitrogen and oxygen atoms in total. The number of carbonyl (C=O) groups is 3. The van der Waals surface area contributed by atoms with Gasteiger partial charge in [-0.3, -0.25) is 19.8 Å². The van der Waals surface area contributed by atoms with E-state index in [0.29, 0.717) is 6.54 Å². The standard InChI is InChI=1S/C12H19F3N4O4/c1-7(9(20)18-11(22)17-6-12(13,14)15)19-3-4-23-8(5-19)10(21)16-2/h7-8H,3-6H2,1-2H3,(H,16,21)(H2,17,18,20,22)/t7-,8+/m1/s1. The Morgan fingerprint density at radius 1 is 1.35 bits per heavy atom. The van der Waals surface area contributed by atoms with Crippen molar-refractivity contribution in [1.29, 1.82) is 0 Å². The lowest BCUT2D eigenvalue weighted by Crippen LogP contribution is -2.56. The van der Waals surface area contributed by atoms with E-state index in [0.717, 1.165) is 0 Å². The molecule has 23 heavy (non-hydrogen) atoms. The largest absolute Gasteiger partial charge is 0.405 e. The zero-order chi connectivity index (χ0) is 17.6. The van der Waals surface area contributed by atoms with Crippen molar-refractivity contribution in [3.05, 3.63) is 0 Å². The third kappa shape index (κ3) is 6.40. The highest BCUT2D eigenvalue weighted by atomic mass is 19.4. The van der Waals surface area contributed by atoms with E-state index in [-0.39, 0.29) is 19.1 Å². The molecule has 132 valence electrons. The van der Waals surface area contributed by atoms with Gasteiger partial charge in [0.25, 0.3) is 0 Å². The Morgan fingerprint density at radius 3 is 2.57 bits per heavy atom. The van der Waals surface area contributed by atoms with Crippen LogP contribution < -0.4 is 16.0 Å². The first-order valence-electron chi connectivity index (χ1n) is 6.86. The van der Waals surface area contributed by atoms with Crippen LogP contribution in [0.4, 0.5) is 18.0 Å². The van der Waals surface area contributed by atoms with Crippen LogP contribution in [0, 0.1) is 0 Å². The topological polar surface area (TPSA) is 99.8 Å². The number of amides is 4. The maximum Gasteiger partial charge on any atom is 0.405 e. The lowest BCUT2D eigenvalue weighted by Gasteiger charge is -2.35. The minimum Gasteiger partial charge on any atom is -0.366 e. The van der Waals surface area contributed by atoms with E-state index in [1.807, 2.05) is 5.32 Å². The average molecular weight is 340 g/mol. The van der Waals surface area contributed by atoms with E-state index in [9.17, 15) is 27.6 Å². The summed E-state index contributed by atoms with van der Waals surface area (Å²) in [7, 11) is 1.45. The molecule has 0 saturated carbocycles. The molecular formula is C12H19F3N4O4. The molecule has 0 radical (unpaired) electrons. The zero-order valence-electron chi connectivity index (χ0n) is 12.7. The molecule has 4 amide bonds. The summed E-state index contributed by atoms with van der Waals surface area (Å²) in [5, 5.41) is 5.80. The molecule has 1 rings (SSSR count). The lowest BCUT2D eigenvalue weighted by molar-refractivity contribution is -0.142. The zero-order valence-corrected chi connectivity index (χ0v) is 12.7. The number of ether oxygens (including phenoxy) is 1. The molecule has 0 aliphatic carbocycles. The fourth-order valence-corrected chi connectivity index (χ4v) is 1.95. The van der Waals surface area contributed by atoms with Gasteiger partial charge in [-0.15, -0.1) is 0 Å². The maximum absolute atomic E-state index is 12.0. The highest BCUT2D eigenvalue weighted by Gasteiger charge is 2.32. The van der Waals surface area contributed by atoms with Crippen molar-refractivity contribution < 1.29 is 32.3 Å². The second-order valence-electron chi connectivity index (χ2n) is 4.93. The van der Waals surface area contributed by atoms with Crippen molar-refractivity contribution in [2.45, 2.75) is 25.2 Å². The van der Waals surface area contributed by atoms with E-state index in [1.54, 1.807) is 10.2 Å². The summed E-state index contributed by atoms with van der Waals surface area (Å²) in [6, 6.07) is -2.03. The molecule has 1 saturated heterocycles. The van der Waals surface area contributed by atoms with Crippen LogP contribution in [0.5, 0.6) is 0 Å². The fraction of sp³-hybridized carbons (Fsp3) is 0.750. The van der Waals surface area contributed by atoms with Crippen LogP contribution in [-0.2, 0) is 14.3 Å². The number of carbonyl (C=O) groups excluding carboxylic acids is 3. The highest BCUT2D eigenvalue weighted by molar-refractivity contribution is 5.96. The number of alkyl halides is 3. The summed E-state index contributed by atoms with van der Waals surface area (Å²) >= 11 is 0. The minimum absolute atomic E-state index is 0.137. The lowest BCUT2D eigenvalue weighted by atomic mass is 10.2. The molecule has 1 heterocycles. The Morgan fingerprint density at radius 2 is 2.00 bits per heavy atom. The number of halogens is 3. The third-order valence-corrected chi connectivity index (χ3v) is 3.25. The van der Waals surface area contributed by atoms with E-state index < -0.39 is 36.8 Å². The number of hydrogen-bond acceptors (Lipinski definition) is 5. The predicted octanol–water partition coefficient (Wildman–Crippen LogP) is -0.790. The van der Waals surface area contributed by atoms with Crippen LogP contribution in [0.2, 0.25) is 0 Å². The molecule has 1 fully saturated rings. The smallest absolute Gasteiger partial charge is 0.366 e. The number of nitrogens with one attached hydrogen (secondary N) is 3. The van der Waals surface area contributed by atoms with Gasteiger partial charge in [-0.05, 0) is 6.92 Å². The van der Waals surface area contributed by atoms with Gasteiger partial charge in [0, 0.05) is 20.1 Å². The van der Waals surface area contributed by atoms with Gasteiger partial charge in [-0.1, -0.05) is 0 Å². The number of imide groups is 1. The van der Waals surface area contributed by atoms with Gasteiger partial charge in [-0.25, -0.2) is 4.79 Å². The Balaban J connectivity index is 2.49. The third-order valence-electron chi connectivity index (χ3n) is 3.25. The van der Waals surface area contributed by atoms with Gasteiger partial charge in [-0.2, -0.15) is 13.2 Å². The van der Waals surface area contributed by atoms with Crippen LogP contribution in [-0.4, -0.2) is 74.4 Å². The number of morpholine rings is 1. The average Bonchev–Trinajstić information content (AvgIpc) is 2.50. The molecular weight excluding hydrogens is 321 g/mol. The summed E-state index contributed by atoms with van der Waals surface area (Å²) in [5.74, 6) is -1.10. The number of hydrogen-bond donors (Lipinski definition) is 3. The highest BCUT2D eigenvalue weighted by Crippen LogP contribution is 2.12. The van der Waals surface area contributed by atoms with Crippen LogP contribution in [0.3, 0.4) is 0 Å². The fourth-order valence-electron chi connectivity index (χ4n) is 1.95. The first kappa shape index (κ1) is 19.2. The van der Waals surface area contributed by atoms with E-state index in [1.165, 1.54) is 14.0 Å². The molecule has 3 N–H and O–H groups in total. The summed E-state index contributed by atoms with van der Waals surface area (Å²) in [4.78, 5) is 36.3. The predicted molar refractivity (Wildman–Crippen MR) is 72.4 cm³/mol. The van der Waals surface area contributed by atoms with E-state index >= 15 is 0 Å². The molecule has 0 aromatic heterocycles.